The van der Waals surface area contributed by atoms with Gasteiger partial charge < -0.3 is 29.9 Å². The fourth-order valence-electron chi connectivity index (χ4n) is 3.60. The number of ether oxygens (including phenoxy) is 1. The first kappa shape index (κ1) is 20.7. The Morgan fingerprint density at radius 3 is 2.48 bits per heavy atom. The van der Waals surface area contributed by atoms with Gasteiger partial charge in [0.15, 0.2) is 0 Å². The molecule has 0 aromatic heterocycles. The van der Waals surface area contributed by atoms with Crippen LogP contribution in [0.2, 0.25) is 0 Å². The lowest BCUT2D eigenvalue weighted by atomic mass is 10.2. The number of carbonyl (C=O) groups excluding carboxylic acids is 3. The molecule has 0 spiro atoms. The number of hydrogen-bond acceptors (Lipinski definition) is 7. The lowest BCUT2D eigenvalue weighted by molar-refractivity contribution is -0.136. The maximum Gasteiger partial charge on any atom is 0.337 e. The molecule has 156 valence electrons. The van der Waals surface area contributed by atoms with E-state index < -0.39 is 5.97 Å². The van der Waals surface area contributed by atoms with Gasteiger partial charge in [-0.1, -0.05) is 12.1 Å². The van der Waals surface area contributed by atoms with Gasteiger partial charge in [-0.3, -0.25) is 9.59 Å². The molecule has 2 heterocycles. The monoisotopic (exact) mass is 402 g/mol. The molecular formula is C20H26N4O5. The van der Waals surface area contributed by atoms with Crippen molar-refractivity contribution in [2.45, 2.75) is 6.92 Å². The van der Waals surface area contributed by atoms with Crippen molar-refractivity contribution in [1.82, 2.24) is 9.80 Å². The lowest BCUT2D eigenvalue weighted by Crippen LogP contribution is -2.48. The Labute approximate surface area is 169 Å². The van der Waals surface area contributed by atoms with Crippen molar-refractivity contribution < 1.29 is 24.2 Å². The molecular weight excluding hydrogens is 376 g/mol. The van der Waals surface area contributed by atoms with E-state index in [1.165, 1.54) is 12.0 Å². The van der Waals surface area contributed by atoms with Crippen molar-refractivity contribution in [3.63, 3.8) is 0 Å². The molecule has 0 saturated carbocycles. The van der Waals surface area contributed by atoms with Crippen molar-refractivity contribution >= 4 is 29.2 Å². The zero-order valence-corrected chi connectivity index (χ0v) is 16.7. The van der Waals surface area contributed by atoms with E-state index in [2.05, 4.69) is 10.2 Å². The summed E-state index contributed by atoms with van der Waals surface area (Å²) in [5, 5.41) is 12.3. The predicted molar refractivity (Wildman–Crippen MR) is 107 cm³/mol. The molecule has 0 aliphatic carbocycles. The van der Waals surface area contributed by atoms with Crippen LogP contribution in [0.3, 0.4) is 0 Å². The highest BCUT2D eigenvalue weighted by atomic mass is 16.5. The maximum atomic E-state index is 12.8. The first-order valence-electron chi connectivity index (χ1n) is 9.54. The van der Waals surface area contributed by atoms with E-state index in [0.717, 1.165) is 5.69 Å². The molecule has 1 fully saturated rings. The molecule has 0 radical (unpaired) electrons. The summed E-state index contributed by atoms with van der Waals surface area (Å²) in [6.45, 7) is 4.21. The largest absolute Gasteiger partial charge is 0.466 e. The Hall–Kier alpha value is -3.07. The highest BCUT2D eigenvalue weighted by molar-refractivity contribution is 6.09. The Balaban J connectivity index is 1.85. The lowest BCUT2D eigenvalue weighted by Gasteiger charge is -2.36. The molecule has 0 unspecified atom stereocenters. The topological polar surface area (TPSA) is 102 Å². The van der Waals surface area contributed by atoms with Gasteiger partial charge in [0.1, 0.15) is 5.70 Å². The highest BCUT2D eigenvalue weighted by Crippen LogP contribution is 2.30. The van der Waals surface area contributed by atoms with Crippen LogP contribution in [0.5, 0.6) is 0 Å². The summed E-state index contributed by atoms with van der Waals surface area (Å²) in [5.74, 6) is -0.867. The van der Waals surface area contributed by atoms with Gasteiger partial charge in [0, 0.05) is 39.6 Å². The van der Waals surface area contributed by atoms with Crippen LogP contribution in [0.25, 0.3) is 0 Å². The highest BCUT2D eigenvalue weighted by Gasteiger charge is 2.35. The number of piperazine rings is 1. The third-order valence-corrected chi connectivity index (χ3v) is 5.18. The van der Waals surface area contributed by atoms with Gasteiger partial charge in [0.05, 0.1) is 37.2 Å². The minimum atomic E-state index is -0.575. The van der Waals surface area contributed by atoms with Gasteiger partial charge in [0.25, 0.3) is 5.91 Å². The van der Waals surface area contributed by atoms with Gasteiger partial charge >= 0.3 is 5.97 Å². The molecule has 2 aliphatic rings. The molecule has 3 rings (SSSR count). The number of nitrogens with zero attached hydrogens (tertiary/aromatic N) is 3. The van der Waals surface area contributed by atoms with Crippen LogP contribution in [-0.2, 0) is 19.1 Å². The van der Waals surface area contributed by atoms with Crippen LogP contribution < -0.4 is 10.2 Å². The maximum absolute atomic E-state index is 12.8. The fourth-order valence-corrected chi connectivity index (χ4v) is 3.60. The van der Waals surface area contributed by atoms with Crippen LogP contribution in [0.4, 0.5) is 11.4 Å². The number of methoxy groups -OCH3 is 1. The van der Waals surface area contributed by atoms with Crippen molar-refractivity contribution in [2.75, 3.05) is 63.2 Å². The zero-order valence-electron chi connectivity index (χ0n) is 16.7. The van der Waals surface area contributed by atoms with E-state index >= 15 is 0 Å². The second-order valence-electron chi connectivity index (χ2n) is 6.93. The molecule has 29 heavy (non-hydrogen) atoms. The summed E-state index contributed by atoms with van der Waals surface area (Å²) in [7, 11) is 1.27. The molecule has 1 saturated heterocycles. The quantitative estimate of drug-likeness (QED) is 0.647. The molecule has 1 aromatic carbocycles. The number of anilines is 2. The first-order valence-corrected chi connectivity index (χ1v) is 9.54. The van der Waals surface area contributed by atoms with E-state index in [1.54, 1.807) is 11.8 Å². The van der Waals surface area contributed by atoms with Gasteiger partial charge in [-0.15, -0.1) is 0 Å². The third kappa shape index (κ3) is 4.34. The summed E-state index contributed by atoms with van der Waals surface area (Å²) >= 11 is 0. The van der Waals surface area contributed by atoms with Crippen LogP contribution in [0, 0.1) is 0 Å². The molecule has 2 amide bonds. The smallest absolute Gasteiger partial charge is 0.337 e. The normalized spacial score (nSPS) is 17.1. The Morgan fingerprint density at radius 1 is 1.17 bits per heavy atom. The van der Waals surface area contributed by atoms with Gasteiger partial charge in [-0.05, 0) is 12.1 Å². The van der Waals surface area contributed by atoms with E-state index in [-0.39, 0.29) is 42.8 Å². The average Bonchev–Trinajstić information content (AvgIpc) is 3.04. The van der Waals surface area contributed by atoms with Crippen LogP contribution in [0.15, 0.2) is 35.5 Å². The number of para-hydroxylation sites is 2. The van der Waals surface area contributed by atoms with Crippen LogP contribution in [0.1, 0.15) is 6.92 Å². The second kappa shape index (κ2) is 8.95. The molecule has 1 aromatic rings. The van der Waals surface area contributed by atoms with Crippen LogP contribution in [-0.4, -0.2) is 85.7 Å². The minimum Gasteiger partial charge on any atom is -0.466 e. The van der Waals surface area contributed by atoms with Gasteiger partial charge in [0.2, 0.25) is 5.91 Å². The second-order valence-corrected chi connectivity index (χ2v) is 6.93. The molecule has 2 aliphatic heterocycles. The molecule has 9 nitrogen and oxygen atoms in total. The predicted octanol–water partition coefficient (Wildman–Crippen LogP) is 0.0286. The molecule has 9 heteroatoms. The molecule has 0 atom stereocenters. The van der Waals surface area contributed by atoms with Gasteiger partial charge in [-0.25, -0.2) is 4.79 Å². The fraction of sp³-hybridized carbons (Fsp3) is 0.450. The number of hydrogen-bond donors (Lipinski definition) is 2. The minimum absolute atomic E-state index is 0.0597. The standard InChI is InChI=1S/C20H26N4O5/c1-14(26)22-7-9-23(10-8-22)17-6-4-3-5-16(17)21-18-15(20(28)29-2)13-24(11-12-25)19(18)27/h3-6,21,25H,7-13H2,1-2H3. The number of esters is 1. The number of β-amino-alcohol motifs (C(OH)–C–C–N with tert-alkyl or cyclic N) is 1. The Bertz CT molecular complexity index is 830. The molecule has 2 N–H and O–H groups in total. The SMILES string of the molecule is COC(=O)C1=C(Nc2ccccc2N2CCN(C(C)=O)CC2)C(=O)N(CCO)C1. The number of rotatable bonds is 6. The number of aliphatic hydroxyl groups is 1. The van der Waals surface area contributed by atoms with Crippen molar-refractivity contribution in [2.24, 2.45) is 0 Å². The summed E-state index contributed by atoms with van der Waals surface area (Å²) in [5.41, 5.74) is 1.99. The van der Waals surface area contributed by atoms with Gasteiger partial charge in [-0.2, -0.15) is 0 Å². The number of aliphatic hydroxyl groups excluding tert-OH is 1. The summed E-state index contributed by atoms with van der Waals surface area (Å²) in [6.07, 6.45) is 0. The zero-order chi connectivity index (χ0) is 21.0. The first-order chi connectivity index (χ1) is 14.0. The summed E-state index contributed by atoms with van der Waals surface area (Å²) in [4.78, 5) is 41.9. The van der Waals surface area contributed by atoms with Crippen molar-refractivity contribution in [3.05, 3.63) is 35.5 Å². The summed E-state index contributed by atoms with van der Waals surface area (Å²) < 4.78 is 4.83. The van der Waals surface area contributed by atoms with Crippen molar-refractivity contribution in [3.8, 4) is 0 Å². The van der Waals surface area contributed by atoms with Crippen LogP contribution >= 0.6 is 0 Å². The summed E-state index contributed by atoms with van der Waals surface area (Å²) in [6, 6.07) is 7.54. The third-order valence-electron chi connectivity index (χ3n) is 5.18. The Morgan fingerprint density at radius 2 is 1.86 bits per heavy atom. The van der Waals surface area contributed by atoms with E-state index in [9.17, 15) is 19.5 Å². The molecule has 0 bridgehead atoms. The Kier molecular flexibility index (Phi) is 6.38. The van der Waals surface area contributed by atoms with E-state index in [1.807, 2.05) is 24.3 Å². The number of nitrogens with one attached hydrogen (secondary N) is 1. The average molecular weight is 402 g/mol. The van der Waals surface area contributed by atoms with E-state index in [0.29, 0.717) is 31.9 Å². The number of carbonyl (C=O) groups is 3. The number of amides is 2. The van der Waals surface area contributed by atoms with E-state index in [4.69, 9.17) is 4.74 Å². The van der Waals surface area contributed by atoms with Crippen molar-refractivity contribution in [1.29, 1.82) is 0 Å². The number of benzene rings is 1.